The van der Waals surface area contributed by atoms with Crippen LogP contribution in [0.5, 0.6) is 0 Å². The van der Waals surface area contributed by atoms with Crippen molar-refractivity contribution >= 4 is 23.9 Å². The third-order valence-electron chi connectivity index (χ3n) is 6.57. The first-order valence-electron chi connectivity index (χ1n) is 13.2. The van der Waals surface area contributed by atoms with Gasteiger partial charge in [-0.25, -0.2) is 4.79 Å². The van der Waals surface area contributed by atoms with Gasteiger partial charge in [0.05, 0.1) is 7.11 Å². The number of carbonyl (C=O) groups is 4. The Morgan fingerprint density at radius 2 is 1.67 bits per heavy atom. The second-order valence-corrected chi connectivity index (χ2v) is 10.9. The highest BCUT2D eigenvalue weighted by Crippen LogP contribution is 2.37. The second kappa shape index (κ2) is 12.8. The van der Waals surface area contributed by atoms with E-state index >= 15 is 0 Å². The fourth-order valence-corrected chi connectivity index (χ4v) is 4.37. The summed E-state index contributed by atoms with van der Waals surface area (Å²) in [6.07, 6.45) is 0.945. The molecule has 39 heavy (non-hydrogen) atoms. The first-order chi connectivity index (χ1) is 18.4. The molecule has 2 aromatic rings. The number of methoxy groups -OCH3 is 1. The molecule has 0 aromatic heterocycles. The Morgan fingerprint density at radius 3 is 2.26 bits per heavy atom. The first-order valence-corrected chi connectivity index (χ1v) is 13.2. The summed E-state index contributed by atoms with van der Waals surface area (Å²) in [5, 5.41) is 5.40. The highest BCUT2D eigenvalue weighted by molar-refractivity contribution is 5.94. The minimum atomic E-state index is -1.01. The topological polar surface area (TPSA) is 114 Å². The number of rotatable bonds is 10. The lowest BCUT2D eigenvalue weighted by Crippen LogP contribution is -2.54. The lowest BCUT2D eigenvalue weighted by molar-refractivity contribution is -0.145. The Labute approximate surface area is 230 Å². The average Bonchev–Trinajstić information content (AvgIpc) is 3.71. The monoisotopic (exact) mass is 537 g/mol. The van der Waals surface area contributed by atoms with Crippen LogP contribution in [0, 0.1) is 13.8 Å². The van der Waals surface area contributed by atoms with Gasteiger partial charge in [-0.2, -0.15) is 0 Å². The predicted octanol–water partition coefficient (Wildman–Crippen LogP) is 3.76. The molecule has 2 unspecified atom stereocenters. The molecule has 0 heterocycles. The minimum absolute atomic E-state index is 0.190. The number of alkyl carbamates (subject to hydrolysis) is 1. The second-order valence-electron chi connectivity index (χ2n) is 10.9. The summed E-state index contributed by atoms with van der Waals surface area (Å²) in [5.74, 6) is -1.49. The molecule has 3 rings (SSSR count). The maximum Gasteiger partial charge on any atom is 0.408 e. The molecular weight excluding hydrogens is 498 g/mol. The molecule has 1 saturated carbocycles. The van der Waals surface area contributed by atoms with Crippen LogP contribution in [0.4, 0.5) is 4.79 Å². The standard InChI is InChI=1S/C30H39N3O6/c1-19-11-10-14-23(20(19)2)26(27(35)31-18-25(34)38-6)33(22-15-16-22)28(36)24(17-21-12-8-7-9-13-21)32-29(37)39-30(3,4)5/h7-14,22,24,26H,15-18H2,1-6H3,(H,31,35)(H,32,37). The molecule has 0 radical (unpaired) electrons. The molecule has 210 valence electrons. The molecule has 1 aliphatic rings. The quantitative estimate of drug-likeness (QED) is 0.446. The summed E-state index contributed by atoms with van der Waals surface area (Å²) >= 11 is 0. The van der Waals surface area contributed by atoms with Gasteiger partial charge in [0.2, 0.25) is 11.8 Å². The SMILES string of the molecule is COC(=O)CNC(=O)C(c1cccc(C)c1C)N(C(=O)C(Cc1ccccc1)NC(=O)OC(C)(C)C)C1CC1. The Hall–Kier alpha value is -3.88. The van der Waals surface area contributed by atoms with Crippen LogP contribution >= 0.6 is 0 Å². The van der Waals surface area contributed by atoms with Gasteiger partial charge in [0, 0.05) is 12.5 Å². The molecule has 1 aliphatic carbocycles. The number of carbonyl (C=O) groups excluding carboxylic acids is 4. The van der Waals surface area contributed by atoms with E-state index in [0.29, 0.717) is 5.56 Å². The summed E-state index contributed by atoms with van der Waals surface area (Å²) in [4.78, 5) is 54.2. The van der Waals surface area contributed by atoms with Crippen LogP contribution in [-0.4, -0.2) is 60.1 Å². The van der Waals surface area contributed by atoms with Crippen molar-refractivity contribution in [3.05, 3.63) is 70.8 Å². The van der Waals surface area contributed by atoms with Crippen LogP contribution in [0.1, 0.15) is 61.9 Å². The van der Waals surface area contributed by atoms with Crippen molar-refractivity contribution in [3.63, 3.8) is 0 Å². The predicted molar refractivity (Wildman–Crippen MR) is 147 cm³/mol. The van der Waals surface area contributed by atoms with Crippen LogP contribution in [-0.2, 0) is 30.3 Å². The van der Waals surface area contributed by atoms with Crippen LogP contribution in [0.2, 0.25) is 0 Å². The molecule has 2 aromatic carbocycles. The number of benzene rings is 2. The van der Waals surface area contributed by atoms with E-state index in [0.717, 1.165) is 29.5 Å². The fourth-order valence-electron chi connectivity index (χ4n) is 4.37. The smallest absolute Gasteiger partial charge is 0.408 e. The van der Waals surface area contributed by atoms with Gasteiger partial charge in [-0.15, -0.1) is 0 Å². The minimum Gasteiger partial charge on any atom is -0.468 e. The van der Waals surface area contributed by atoms with Gasteiger partial charge in [0.1, 0.15) is 24.2 Å². The summed E-state index contributed by atoms with van der Waals surface area (Å²) in [6, 6.07) is 12.8. The van der Waals surface area contributed by atoms with Crippen molar-refractivity contribution in [2.75, 3.05) is 13.7 Å². The first kappa shape index (κ1) is 29.7. The molecule has 2 N–H and O–H groups in total. The molecule has 9 nitrogen and oxygen atoms in total. The van der Waals surface area contributed by atoms with E-state index < -0.39 is 41.6 Å². The maximum atomic E-state index is 14.3. The van der Waals surface area contributed by atoms with Gasteiger partial charge in [-0.05, 0) is 69.7 Å². The van der Waals surface area contributed by atoms with Crippen LogP contribution in [0.3, 0.4) is 0 Å². The van der Waals surface area contributed by atoms with Gasteiger partial charge < -0.3 is 25.0 Å². The highest BCUT2D eigenvalue weighted by atomic mass is 16.6. The molecule has 1 fully saturated rings. The zero-order valence-electron chi connectivity index (χ0n) is 23.6. The summed E-state index contributed by atoms with van der Waals surface area (Å²) in [7, 11) is 1.24. The normalized spacial score (nSPS) is 14.5. The van der Waals surface area contributed by atoms with Crippen molar-refractivity contribution < 1.29 is 28.7 Å². The molecule has 0 bridgehead atoms. The number of hydrogen-bond acceptors (Lipinski definition) is 6. The van der Waals surface area contributed by atoms with Crippen molar-refractivity contribution in [1.82, 2.24) is 15.5 Å². The zero-order chi connectivity index (χ0) is 28.7. The van der Waals surface area contributed by atoms with E-state index in [4.69, 9.17) is 4.74 Å². The average molecular weight is 538 g/mol. The van der Waals surface area contributed by atoms with E-state index in [1.54, 1.807) is 25.7 Å². The molecule has 0 aliphatic heterocycles. The Morgan fingerprint density at radius 1 is 1.00 bits per heavy atom. The summed E-state index contributed by atoms with van der Waals surface area (Å²) < 4.78 is 10.2. The van der Waals surface area contributed by atoms with E-state index in [-0.39, 0.29) is 19.0 Å². The highest BCUT2D eigenvalue weighted by Gasteiger charge is 2.44. The van der Waals surface area contributed by atoms with Gasteiger partial charge in [0.25, 0.3) is 0 Å². The largest absolute Gasteiger partial charge is 0.468 e. The Balaban J connectivity index is 2.03. The molecule has 0 spiro atoms. The molecule has 0 saturated heterocycles. The Kier molecular flexibility index (Phi) is 9.72. The van der Waals surface area contributed by atoms with Gasteiger partial charge >= 0.3 is 12.1 Å². The third-order valence-corrected chi connectivity index (χ3v) is 6.57. The van der Waals surface area contributed by atoms with E-state index in [2.05, 4.69) is 15.4 Å². The number of aryl methyl sites for hydroxylation is 1. The Bertz CT molecular complexity index is 1190. The van der Waals surface area contributed by atoms with Crippen LogP contribution in [0.25, 0.3) is 0 Å². The number of hydrogen-bond donors (Lipinski definition) is 2. The third kappa shape index (κ3) is 8.30. The van der Waals surface area contributed by atoms with Crippen molar-refractivity contribution in [2.24, 2.45) is 0 Å². The molecule has 3 amide bonds. The summed E-state index contributed by atoms with van der Waals surface area (Å²) in [6.45, 7) is 8.76. The van der Waals surface area contributed by atoms with Crippen molar-refractivity contribution in [2.45, 2.75) is 77.6 Å². The molecular formula is C30H39N3O6. The number of esters is 1. The number of nitrogens with one attached hydrogen (secondary N) is 2. The van der Waals surface area contributed by atoms with E-state index in [1.807, 2.05) is 62.4 Å². The zero-order valence-corrected chi connectivity index (χ0v) is 23.6. The maximum absolute atomic E-state index is 14.3. The lowest BCUT2D eigenvalue weighted by atomic mass is 9.94. The molecule has 9 heteroatoms. The lowest BCUT2D eigenvalue weighted by Gasteiger charge is -2.35. The van der Waals surface area contributed by atoms with Crippen molar-refractivity contribution in [3.8, 4) is 0 Å². The number of amides is 3. The molecule has 2 atom stereocenters. The van der Waals surface area contributed by atoms with Crippen molar-refractivity contribution in [1.29, 1.82) is 0 Å². The van der Waals surface area contributed by atoms with Gasteiger partial charge in [-0.1, -0.05) is 48.5 Å². The van der Waals surface area contributed by atoms with Crippen LogP contribution in [0.15, 0.2) is 48.5 Å². The van der Waals surface area contributed by atoms with Gasteiger partial charge in [0.15, 0.2) is 0 Å². The van der Waals surface area contributed by atoms with E-state index in [1.165, 1.54) is 7.11 Å². The number of nitrogens with zero attached hydrogens (tertiary/aromatic N) is 1. The van der Waals surface area contributed by atoms with Gasteiger partial charge in [-0.3, -0.25) is 14.4 Å². The summed E-state index contributed by atoms with van der Waals surface area (Å²) in [5.41, 5.74) is 2.59. The fraction of sp³-hybridized carbons (Fsp3) is 0.467. The number of ether oxygens (including phenoxy) is 2. The van der Waals surface area contributed by atoms with Crippen LogP contribution < -0.4 is 10.6 Å². The van der Waals surface area contributed by atoms with E-state index in [9.17, 15) is 19.2 Å².